The maximum absolute atomic E-state index is 11.9. The van der Waals surface area contributed by atoms with Crippen LogP contribution >= 0.6 is 11.8 Å². The zero-order valence-corrected chi connectivity index (χ0v) is 12.5. The van der Waals surface area contributed by atoms with E-state index >= 15 is 0 Å². The highest BCUT2D eigenvalue weighted by Gasteiger charge is 2.29. The molecule has 0 N–H and O–H groups in total. The van der Waals surface area contributed by atoms with Crippen molar-refractivity contribution in [1.29, 1.82) is 0 Å². The molecular weight excluding hydrogens is 218 g/mol. The maximum Gasteiger partial charge on any atom is 0.227 e. The molecule has 1 saturated heterocycles. The fraction of sp³-hybridized carbons (Fsp3) is 0.923. The van der Waals surface area contributed by atoms with Crippen molar-refractivity contribution < 1.29 is 4.79 Å². The Kier molecular flexibility index (Phi) is 7.12. The second-order valence-electron chi connectivity index (χ2n) is 4.98. The first-order chi connectivity index (χ1) is 7.45. The first-order valence-corrected chi connectivity index (χ1v) is 7.56. The highest BCUT2D eigenvalue weighted by molar-refractivity contribution is 7.99. The Morgan fingerprint density at radius 2 is 1.62 bits per heavy atom. The van der Waals surface area contributed by atoms with E-state index in [9.17, 15) is 4.79 Å². The van der Waals surface area contributed by atoms with Gasteiger partial charge < -0.3 is 4.90 Å². The van der Waals surface area contributed by atoms with Crippen LogP contribution in [0.4, 0.5) is 0 Å². The largest absolute Gasteiger partial charge is 0.342 e. The number of carbonyl (C=O) groups excluding carboxylic acids is 1. The summed E-state index contributed by atoms with van der Waals surface area (Å²) in [5, 5.41) is 0.763. The van der Waals surface area contributed by atoms with Crippen LogP contribution in [0.25, 0.3) is 0 Å². The molecule has 2 nitrogen and oxygen atoms in total. The number of hydrogen-bond acceptors (Lipinski definition) is 2. The van der Waals surface area contributed by atoms with Crippen LogP contribution in [-0.2, 0) is 4.79 Å². The molecule has 3 heteroatoms. The topological polar surface area (TPSA) is 20.3 Å². The minimum Gasteiger partial charge on any atom is -0.342 e. The summed E-state index contributed by atoms with van der Waals surface area (Å²) in [5.74, 6) is 0.303. The van der Waals surface area contributed by atoms with Gasteiger partial charge in [0.05, 0.1) is 0 Å². The van der Waals surface area contributed by atoms with Crippen LogP contribution in [0.2, 0.25) is 0 Å². The van der Waals surface area contributed by atoms with Crippen molar-refractivity contribution >= 4 is 17.7 Å². The summed E-state index contributed by atoms with van der Waals surface area (Å²) in [7, 11) is 0. The lowest BCUT2D eigenvalue weighted by molar-refractivity contribution is -0.140. The SMILES string of the molecule is CC.CSC1CCN(C(=O)C(C)(C)C)CC1. The van der Waals surface area contributed by atoms with Gasteiger partial charge in [0.15, 0.2) is 0 Å². The van der Waals surface area contributed by atoms with E-state index in [1.165, 1.54) is 0 Å². The molecule has 1 aliphatic heterocycles. The summed E-state index contributed by atoms with van der Waals surface area (Å²) in [6.07, 6.45) is 4.47. The molecule has 1 rings (SSSR count). The molecule has 0 unspecified atom stereocenters. The standard InChI is InChI=1S/C11H21NOS.C2H6/c1-11(2,3)10(13)12-7-5-9(14-4)6-8-12;1-2/h9H,5-8H2,1-4H3;1-2H3. The van der Waals surface area contributed by atoms with E-state index in [4.69, 9.17) is 0 Å². The van der Waals surface area contributed by atoms with Crippen LogP contribution in [0.15, 0.2) is 0 Å². The minimum absolute atomic E-state index is 0.216. The zero-order valence-electron chi connectivity index (χ0n) is 11.7. The van der Waals surface area contributed by atoms with Crippen molar-refractivity contribution in [1.82, 2.24) is 4.90 Å². The van der Waals surface area contributed by atoms with Gasteiger partial charge in [0, 0.05) is 23.8 Å². The van der Waals surface area contributed by atoms with E-state index in [2.05, 4.69) is 6.26 Å². The van der Waals surface area contributed by atoms with Gasteiger partial charge in [0.1, 0.15) is 0 Å². The Labute approximate surface area is 105 Å². The number of piperidine rings is 1. The number of hydrogen-bond donors (Lipinski definition) is 0. The van der Waals surface area contributed by atoms with Gasteiger partial charge in [-0.2, -0.15) is 11.8 Å². The van der Waals surface area contributed by atoms with Gasteiger partial charge in [-0.1, -0.05) is 34.6 Å². The van der Waals surface area contributed by atoms with Gasteiger partial charge in [-0.3, -0.25) is 4.79 Å². The number of carbonyl (C=O) groups is 1. The number of amides is 1. The van der Waals surface area contributed by atoms with Crippen molar-refractivity contribution in [2.24, 2.45) is 5.41 Å². The fourth-order valence-electron chi connectivity index (χ4n) is 1.77. The highest BCUT2D eigenvalue weighted by Crippen LogP contribution is 2.25. The molecular formula is C13H27NOS. The summed E-state index contributed by atoms with van der Waals surface area (Å²) in [6, 6.07) is 0. The van der Waals surface area contributed by atoms with Crippen LogP contribution in [0, 0.1) is 5.41 Å². The first kappa shape index (κ1) is 15.8. The molecule has 1 heterocycles. The van der Waals surface area contributed by atoms with E-state index in [0.717, 1.165) is 31.2 Å². The lowest BCUT2D eigenvalue weighted by Crippen LogP contribution is -2.44. The third kappa shape index (κ3) is 4.77. The Balaban J connectivity index is 0.00000106. The van der Waals surface area contributed by atoms with E-state index in [1.54, 1.807) is 0 Å². The van der Waals surface area contributed by atoms with Crippen molar-refractivity contribution in [2.45, 2.75) is 52.7 Å². The number of nitrogens with zero attached hydrogens (tertiary/aromatic N) is 1. The molecule has 0 aromatic heterocycles. The van der Waals surface area contributed by atoms with Gasteiger partial charge in [-0.05, 0) is 19.1 Å². The Morgan fingerprint density at radius 1 is 1.19 bits per heavy atom. The second-order valence-corrected chi connectivity index (χ2v) is 6.12. The average molecular weight is 245 g/mol. The highest BCUT2D eigenvalue weighted by atomic mass is 32.2. The smallest absolute Gasteiger partial charge is 0.227 e. The first-order valence-electron chi connectivity index (χ1n) is 6.27. The van der Waals surface area contributed by atoms with Crippen molar-refractivity contribution in [2.75, 3.05) is 19.3 Å². The second kappa shape index (κ2) is 7.21. The van der Waals surface area contributed by atoms with E-state index < -0.39 is 0 Å². The molecule has 0 aliphatic carbocycles. The van der Waals surface area contributed by atoms with Gasteiger partial charge in [0.25, 0.3) is 0 Å². The van der Waals surface area contributed by atoms with E-state index in [-0.39, 0.29) is 5.41 Å². The monoisotopic (exact) mass is 245 g/mol. The van der Waals surface area contributed by atoms with Crippen molar-refractivity contribution in [3.8, 4) is 0 Å². The third-order valence-corrected chi connectivity index (χ3v) is 3.84. The summed E-state index contributed by atoms with van der Waals surface area (Å²) in [5.41, 5.74) is -0.216. The van der Waals surface area contributed by atoms with E-state index in [0.29, 0.717) is 5.91 Å². The van der Waals surface area contributed by atoms with Crippen molar-refractivity contribution in [3.05, 3.63) is 0 Å². The van der Waals surface area contributed by atoms with Crippen LogP contribution in [-0.4, -0.2) is 35.4 Å². The van der Waals surface area contributed by atoms with Gasteiger partial charge in [-0.15, -0.1) is 0 Å². The molecule has 1 amide bonds. The summed E-state index contributed by atoms with van der Waals surface area (Å²) >= 11 is 1.93. The molecule has 16 heavy (non-hydrogen) atoms. The Hall–Kier alpha value is -0.180. The molecule has 0 atom stereocenters. The number of likely N-dealkylation sites (tertiary alicyclic amines) is 1. The van der Waals surface area contributed by atoms with Gasteiger partial charge in [-0.25, -0.2) is 0 Å². The van der Waals surface area contributed by atoms with Gasteiger partial charge >= 0.3 is 0 Å². The third-order valence-electron chi connectivity index (χ3n) is 2.70. The van der Waals surface area contributed by atoms with Crippen LogP contribution in [0.3, 0.4) is 0 Å². The zero-order chi connectivity index (χ0) is 12.8. The molecule has 1 aliphatic rings. The van der Waals surface area contributed by atoms with Crippen LogP contribution in [0.5, 0.6) is 0 Å². The normalized spacial score (nSPS) is 17.8. The van der Waals surface area contributed by atoms with Gasteiger partial charge in [0.2, 0.25) is 5.91 Å². The Bertz CT molecular complexity index is 202. The molecule has 0 spiro atoms. The van der Waals surface area contributed by atoms with Crippen LogP contribution < -0.4 is 0 Å². The average Bonchev–Trinajstić information content (AvgIpc) is 2.30. The maximum atomic E-state index is 11.9. The molecule has 0 bridgehead atoms. The lowest BCUT2D eigenvalue weighted by atomic mass is 9.93. The van der Waals surface area contributed by atoms with E-state index in [1.807, 2.05) is 51.3 Å². The summed E-state index contributed by atoms with van der Waals surface area (Å²) < 4.78 is 0. The molecule has 0 aromatic carbocycles. The predicted molar refractivity (Wildman–Crippen MR) is 73.9 cm³/mol. The fourth-order valence-corrected chi connectivity index (χ4v) is 2.45. The summed E-state index contributed by atoms with van der Waals surface area (Å²) in [6.45, 7) is 11.9. The minimum atomic E-state index is -0.216. The molecule has 0 radical (unpaired) electrons. The lowest BCUT2D eigenvalue weighted by Gasteiger charge is -2.35. The molecule has 0 saturated carbocycles. The predicted octanol–water partition coefficient (Wildman–Crippen LogP) is 3.41. The van der Waals surface area contributed by atoms with Crippen molar-refractivity contribution in [3.63, 3.8) is 0 Å². The number of rotatable bonds is 1. The summed E-state index contributed by atoms with van der Waals surface area (Å²) in [4.78, 5) is 14.0. The molecule has 96 valence electrons. The quantitative estimate of drug-likeness (QED) is 0.705. The molecule has 0 aromatic rings. The Morgan fingerprint density at radius 3 is 1.94 bits per heavy atom. The number of thioether (sulfide) groups is 1. The molecule has 1 fully saturated rings. The van der Waals surface area contributed by atoms with Crippen LogP contribution in [0.1, 0.15) is 47.5 Å².